The fourth-order valence-electron chi connectivity index (χ4n) is 1.96. The predicted octanol–water partition coefficient (Wildman–Crippen LogP) is 2.45. The zero-order valence-electron chi connectivity index (χ0n) is 14.7. The van der Waals surface area contributed by atoms with E-state index >= 15 is 0 Å². The minimum Gasteiger partial charge on any atom is -0.609 e. The molecule has 0 N–H and O–H groups in total. The first-order valence-corrected chi connectivity index (χ1v) is 10.8. The van der Waals surface area contributed by atoms with Crippen LogP contribution < -0.4 is 0 Å². The Morgan fingerprint density at radius 3 is 2.15 bits per heavy atom. The van der Waals surface area contributed by atoms with Gasteiger partial charge in [0.1, 0.15) is 0 Å². The van der Waals surface area contributed by atoms with Gasteiger partial charge < -0.3 is 14.0 Å². The molecule has 0 saturated carbocycles. The van der Waals surface area contributed by atoms with Crippen molar-refractivity contribution in [3.8, 4) is 0 Å². The Kier molecular flexibility index (Phi) is 12.0. The van der Waals surface area contributed by atoms with Crippen molar-refractivity contribution in [3.05, 3.63) is 30.3 Å². The Morgan fingerprint density at radius 1 is 1.00 bits per heavy atom. The van der Waals surface area contributed by atoms with Gasteiger partial charge in [0, 0.05) is 24.0 Å². The monoisotopic (exact) mass is 404 g/mol. The first-order valence-electron chi connectivity index (χ1n) is 8.20. The van der Waals surface area contributed by atoms with Crippen molar-refractivity contribution >= 4 is 34.2 Å². The van der Waals surface area contributed by atoms with Crippen LogP contribution in [0.5, 0.6) is 0 Å². The third kappa shape index (κ3) is 10.5. The zero-order chi connectivity index (χ0) is 19.2. The molecule has 7 nitrogen and oxygen atoms in total. The molecule has 0 radical (unpaired) electrons. The van der Waals surface area contributed by atoms with E-state index in [0.29, 0.717) is 17.7 Å². The normalized spacial score (nSPS) is 13.0. The average Bonchev–Trinajstić information content (AvgIpc) is 2.67. The smallest absolute Gasteiger partial charge is 0.309 e. The molecule has 1 aromatic rings. The summed E-state index contributed by atoms with van der Waals surface area (Å²) in [5, 5.41) is 0. The standard InChI is InChI=1S/C17H24O7S2/c1-22-26(21)14-24-17(19)12-8-3-2-7-11-16(18)23-13-25(20)15-9-5-4-6-10-15/h4-6,9-10H,2-3,7-8,11-14H2,1H3/t25-,26?/m1/s1. The topological polar surface area (TPSA) is 102 Å². The van der Waals surface area contributed by atoms with E-state index in [4.69, 9.17) is 9.47 Å². The average molecular weight is 405 g/mol. The van der Waals surface area contributed by atoms with Crippen LogP contribution in [-0.4, -0.2) is 39.7 Å². The Bertz CT molecular complexity index is 565. The van der Waals surface area contributed by atoms with Gasteiger partial charge in [-0.15, -0.1) is 0 Å². The summed E-state index contributed by atoms with van der Waals surface area (Å²) in [7, 11) is 1.27. The summed E-state index contributed by atoms with van der Waals surface area (Å²) in [5.41, 5.74) is 0. The molecule has 0 aliphatic heterocycles. The van der Waals surface area contributed by atoms with E-state index in [1.165, 1.54) is 7.11 Å². The van der Waals surface area contributed by atoms with Crippen molar-refractivity contribution in [1.82, 2.24) is 0 Å². The van der Waals surface area contributed by atoms with Gasteiger partial charge in [0.05, 0.1) is 7.11 Å². The van der Waals surface area contributed by atoms with Crippen molar-refractivity contribution in [2.24, 2.45) is 0 Å². The maximum absolute atomic E-state index is 11.9. The lowest BCUT2D eigenvalue weighted by atomic mass is 10.1. The molecule has 0 aromatic heterocycles. The van der Waals surface area contributed by atoms with Gasteiger partial charge >= 0.3 is 11.9 Å². The largest absolute Gasteiger partial charge is 0.609 e. The minimum absolute atomic E-state index is 0.141. The number of rotatable bonds is 13. The molecule has 0 aliphatic carbocycles. The fraction of sp³-hybridized carbons (Fsp3) is 0.529. The minimum atomic E-state index is -1.60. The van der Waals surface area contributed by atoms with Gasteiger partial charge in [0.15, 0.2) is 21.9 Å². The van der Waals surface area contributed by atoms with Crippen molar-refractivity contribution in [2.75, 3.05) is 19.0 Å². The molecule has 1 rings (SSSR count). The van der Waals surface area contributed by atoms with Crippen LogP contribution >= 0.6 is 0 Å². The van der Waals surface area contributed by atoms with Crippen LogP contribution in [0.3, 0.4) is 0 Å². The lowest BCUT2D eigenvalue weighted by Gasteiger charge is -2.10. The Labute approximate surface area is 159 Å². The van der Waals surface area contributed by atoms with Crippen LogP contribution in [0.2, 0.25) is 0 Å². The van der Waals surface area contributed by atoms with Gasteiger partial charge in [-0.2, -0.15) is 0 Å². The van der Waals surface area contributed by atoms with Crippen LogP contribution in [0.1, 0.15) is 38.5 Å². The van der Waals surface area contributed by atoms with Gasteiger partial charge in [-0.25, -0.2) is 4.21 Å². The molecule has 1 aromatic carbocycles. The van der Waals surface area contributed by atoms with E-state index in [-0.39, 0.29) is 30.7 Å². The second-order valence-corrected chi connectivity index (χ2v) is 7.89. The van der Waals surface area contributed by atoms with E-state index in [0.717, 1.165) is 12.8 Å². The predicted molar refractivity (Wildman–Crippen MR) is 97.6 cm³/mol. The molecule has 0 saturated heterocycles. The maximum Gasteiger partial charge on any atom is 0.309 e. The fourth-order valence-corrected chi connectivity index (χ4v) is 3.12. The van der Waals surface area contributed by atoms with Crippen molar-refractivity contribution < 1.29 is 32.0 Å². The lowest BCUT2D eigenvalue weighted by Crippen LogP contribution is -2.14. The summed E-state index contributed by atoms with van der Waals surface area (Å²) in [4.78, 5) is 23.6. The molecular weight excluding hydrogens is 380 g/mol. The highest BCUT2D eigenvalue weighted by Gasteiger charge is 2.13. The van der Waals surface area contributed by atoms with Crippen LogP contribution in [-0.2, 0) is 45.5 Å². The molecule has 0 spiro atoms. The van der Waals surface area contributed by atoms with E-state index < -0.39 is 28.2 Å². The first-order chi connectivity index (χ1) is 12.5. The van der Waals surface area contributed by atoms with Crippen molar-refractivity contribution in [3.63, 3.8) is 0 Å². The Balaban J connectivity index is 2.01. The molecule has 0 heterocycles. The van der Waals surface area contributed by atoms with Crippen LogP contribution in [0.15, 0.2) is 35.2 Å². The number of benzene rings is 1. The Hall–Kier alpha value is -1.42. The van der Waals surface area contributed by atoms with Gasteiger partial charge in [0.2, 0.25) is 0 Å². The van der Waals surface area contributed by atoms with E-state index in [9.17, 15) is 18.4 Å². The second-order valence-electron chi connectivity index (χ2n) is 5.31. The summed E-state index contributed by atoms with van der Waals surface area (Å²) in [6.45, 7) is 0. The second kappa shape index (κ2) is 13.7. The lowest BCUT2D eigenvalue weighted by molar-refractivity contribution is -0.142. The molecular formula is C17H24O7S2. The third-order valence-electron chi connectivity index (χ3n) is 3.35. The summed E-state index contributed by atoms with van der Waals surface area (Å²) < 4.78 is 37.1. The highest BCUT2D eigenvalue weighted by molar-refractivity contribution is 7.91. The molecule has 26 heavy (non-hydrogen) atoms. The number of carbonyl (C=O) groups is 2. The first kappa shape index (κ1) is 22.6. The molecule has 0 fully saturated rings. The molecule has 0 bridgehead atoms. The van der Waals surface area contributed by atoms with Gasteiger partial charge in [-0.3, -0.25) is 13.8 Å². The Morgan fingerprint density at radius 2 is 1.58 bits per heavy atom. The van der Waals surface area contributed by atoms with E-state index in [1.807, 2.05) is 6.07 Å². The number of hydrogen-bond donors (Lipinski definition) is 0. The van der Waals surface area contributed by atoms with Crippen molar-refractivity contribution in [2.45, 2.75) is 43.4 Å². The summed E-state index contributed by atoms with van der Waals surface area (Å²) >= 11 is -2.95. The number of ether oxygens (including phenoxy) is 2. The zero-order valence-corrected chi connectivity index (χ0v) is 16.4. The third-order valence-corrected chi connectivity index (χ3v) is 5.16. The molecule has 146 valence electrons. The summed E-state index contributed by atoms with van der Waals surface area (Å²) in [6.07, 6.45) is 3.30. The van der Waals surface area contributed by atoms with Gasteiger partial charge in [-0.1, -0.05) is 31.0 Å². The van der Waals surface area contributed by atoms with E-state index in [2.05, 4.69) is 4.18 Å². The van der Waals surface area contributed by atoms with Crippen LogP contribution in [0, 0.1) is 0 Å². The van der Waals surface area contributed by atoms with Crippen LogP contribution in [0.4, 0.5) is 0 Å². The van der Waals surface area contributed by atoms with Gasteiger partial charge in [-0.05, 0) is 25.0 Å². The number of hydrogen-bond acceptors (Lipinski definition) is 7. The highest BCUT2D eigenvalue weighted by Crippen LogP contribution is 2.11. The highest BCUT2D eigenvalue weighted by atomic mass is 32.2. The van der Waals surface area contributed by atoms with E-state index in [1.54, 1.807) is 24.3 Å². The van der Waals surface area contributed by atoms with Crippen LogP contribution in [0.25, 0.3) is 0 Å². The van der Waals surface area contributed by atoms with Gasteiger partial charge in [0.25, 0.3) is 5.94 Å². The molecule has 9 heteroatoms. The maximum atomic E-state index is 11.9. The molecule has 1 unspecified atom stereocenters. The summed E-state index contributed by atoms with van der Waals surface area (Å²) in [6, 6.07) is 8.83. The number of unbranched alkanes of at least 4 members (excludes halogenated alkanes) is 3. The quantitative estimate of drug-likeness (QED) is 0.283. The summed E-state index contributed by atoms with van der Waals surface area (Å²) in [5.74, 6) is -1.20. The van der Waals surface area contributed by atoms with Crippen molar-refractivity contribution in [1.29, 1.82) is 0 Å². The number of esters is 2. The number of carbonyl (C=O) groups excluding carboxylic acids is 2. The molecule has 0 amide bonds. The molecule has 0 aliphatic rings. The SMILES string of the molecule is COS(=O)COC(=O)CCCCCCC(=O)OC[S@@+]([O-])c1ccccc1. The molecule has 2 atom stereocenters.